The minimum atomic E-state index is -0.0533. The Morgan fingerprint density at radius 1 is 1.23 bits per heavy atom. The van der Waals surface area contributed by atoms with Gasteiger partial charge in [-0.25, -0.2) is 0 Å². The molecule has 0 saturated carbocycles. The van der Waals surface area contributed by atoms with Gasteiger partial charge in [0.2, 0.25) is 5.91 Å². The molecule has 0 aliphatic carbocycles. The molecule has 2 atom stereocenters. The average molecular weight is 304 g/mol. The summed E-state index contributed by atoms with van der Waals surface area (Å²) in [7, 11) is 3.28. The maximum atomic E-state index is 12.5. The number of carbonyl (C=O) groups is 1. The lowest BCUT2D eigenvalue weighted by Crippen LogP contribution is -2.58. The average Bonchev–Trinajstić information content (AvgIpc) is 3.00. The molecule has 5 heteroatoms. The maximum Gasteiger partial charge on any atom is 0.239 e. The second-order valence-corrected chi connectivity index (χ2v) is 6.12. The number of benzene rings is 1. The van der Waals surface area contributed by atoms with Crippen molar-refractivity contribution in [2.75, 3.05) is 27.3 Å². The molecule has 2 fully saturated rings. The van der Waals surface area contributed by atoms with Crippen LogP contribution in [-0.4, -0.2) is 55.1 Å². The minimum absolute atomic E-state index is 0.0533. The molecule has 120 valence electrons. The van der Waals surface area contributed by atoms with Gasteiger partial charge in [0.05, 0.1) is 20.3 Å². The fourth-order valence-electron chi connectivity index (χ4n) is 3.56. The molecule has 2 aliphatic heterocycles. The van der Waals surface area contributed by atoms with Crippen LogP contribution >= 0.6 is 0 Å². The van der Waals surface area contributed by atoms with Crippen molar-refractivity contribution in [1.82, 2.24) is 9.80 Å². The molecule has 0 radical (unpaired) electrons. The summed E-state index contributed by atoms with van der Waals surface area (Å²) in [6.07, 6.45) is 2.26. The van der Waals surface area contributed by atoms with Gasteiger partial charge in [-0.2, -0.15) is 0 Å². The summed E-state index contributed by atoms with van der Waals surface area (Å²) in [4.78, 5) is 16.8. The Labute approximate surface area is 131 Å². The molecular weight excluding hydrogens is 280 g/mol. The van der Waals surface area contributed by atoms with E-state index in [1.54, 1.807) is 14.2 Å². The van der Waals surface area contributed by atoms with E-state index in [0.29, 0.717) is 6.04 Å². The topological polar surface area (TPSA) is 42.0 Å². The number of methoxy groups -OCH3 is 2. The third-order valence-corrected chi connectivity index (χ3v) is 4.84. The summed E-state index contributed by atoms with van der Waals surface area (Å²) < 4.78 is 10.6. The molecular formula is C17H24N2O3. The Morgan fingerprint density at radius 3 is 2.73 bits per heavy atom. The monoisotopic (exact) mass is 304 g/mol. The Bertz CT molecular complexity index is 561. The van der Waals surface area contributed by atoms with E-state index in [4.69, 9.17) is 9.47 Å². The molecule has 22 heavy (non-hydrogen) atoms. The van der Waals surface area contributed by atoms with Crippen molar-refractivity contribution in [2.45, 2.75) is 38.4 Å². The highest BCUT2D eigenvalue weighted by molar-refractivity contribution is 5.83. The highest BCUT2D eigenvalue weighted by Crippen LogP contribution is 2.30. The van der Waals surface area contributed by atoms with E-state index >= 15 is 0 Å². The number of piperazine rings is 1. The molecule has 0 unspecified atom stereocenters. The zero-order valence-corrected chi connectivity index (χ0v) is 13.5. The van der Waals surface area contributed by atoms with Crippen molar-refractivity contribution in [3.63, 3.8) is 0 Å². The van der Waals surface area contributed by atoms with Gasteiger partial charge < -0.3 is 14.4 Å². The zero-order valence-electron chi connectivity index (χ0n) is 13.5. The second kappa shape index (κ2) is 6.16. The van der Waals surface area contributed by atoms with Gasteiger partial charge >= 0.3 is 0 Å². The first-order chi connectivity index (χ1) is 10.6. The van der Waals surface area contributed by atoms with Crippen molar-refractivity contribution in [1.29, 1.82) is 0 Å². The number of nitrogens with zero attached hydrogens (tertiary/aromatic N) is 2. The third-order valence-electron chi connectivity index (χ3n) is 4.84. The third kappa shape index (κ3) is 2.65. The van der Waals surface area contributed by atoms with Crippen molar-refractivity contribution in [2.24, 2.45) is 0 Å². The summed E-state index contributed by atoms with van der Waals surface area (Å²) in [5.74, 6) is 1.74. The summed E-state index contributed by atoms with van der Waals surface area (Å²) >= 11 is 0. The van der Waals surface area contributed by atoms with Gasteiger partial charge in [-0.3, -0.25) is 9.69 Å². The quantitative estimate of drug-likeness (QED) is 0.852. The van der Waals surface area contributed by atoms with E-state index in [0.717, 1.165) is 49.5 Å². The number of rotatable bonds is 4. The van der Waals surface area contributed by atoms with Crippen LogP contribution in [0, 0.1) is 0 Å². The minimum Gasteiger partial charge on any atom is -0.493 e. The molecule has 2 saturated heterocycles. The molecule has 0 aromatic heterocycles. The molecule has 2 heterocycles. The number of hydrogen-bond donors (Lipinski definition) is 0. The summed E-state index contributed by atoms with van der Waals surface area (Å²) in [6.45, 7) is 4.66. The standard InChI is InChI=1S/C17H24N2O3/c1-12-17(20)19-8-4-5-14(19)11-18(12)10-13-6-7-15(21-2)16(9-13)22-3/h6-7,9,12,14H,4-5,8,10-11H2,1-3H3/t12-,14-/m1/s1. The highest BCUT2D eigenvalue weighted by Gasteiger charge is 2.39. The molecule has 1 aromatic carbocycles. The first-order valence-corrected chi connectivity index (χ1v) is 7.89. The Balaban J connectivity index is 1.76. The summed E-state index contributed by atoms with van der Waals surface area (Å²) in [6, 6.07) is 6.30. The maximum absolute atomic E-state index is 12.5. The van der Waals surface area contributed by atoms with Gasteiger partial charge in [-0.1, -0.05) is 6.07 Å². The Hall–Kier alpha value is -1.75. The van der Waals surface area contributed by atoms with Crippen LogP contribution in [0.25, 0.3) is 0 Å². The van der Waals surface area contributed by atoms with E-state index in [1.807, 2.05) is 25.1 Å². The van der Waals surface area contributed by atoms with Crippen LogP contribution in [0.5, 0.6) is 11.5 Å². The fraction of sp³-hybridized carbons (Fsp3) is 0.588. The Morgan fingerprint density at radius 2 is 2.00 bits per heavy atom. The highest BCUT2D eigenvalue weighted by atomic mass is 16.5. The lowest BCUT2D eigenvalue weighted by Gasteiger charge is -2.41. The number of fused-ring (bicyclic) bond motifs is 1. The molecule has 0 N–H and O–H groups in total. The smallest absolute Gasteiger partial charge is 0.239 e. The fourth-order valence-corrected chi connectivity index (χ4v) is 3.56. The van der Waals surface area contributed by atoms with Crippen LogP contribution in [0.3, 0.4) is 0 Å². The van der Waals surface area contributed by atoms with E-state index in [1.165, 1.54) is 0 Å². The lowest BCUT2D eigenvalue weighted by atomic mass is 10.1. The first kappa shape index (κ1) is 15.2. The number of carbonyl (C=O) groups excluding carboxylic acids is 1. The van der Waals surface area contributed by atoms with Crippen LogP contribution in [-0.2, 0) is 11.3 Å². The van der Waals surface area contributed by atoms with Crippen LogP contribution < -0.4 is 9.47 Å². The molecule has 5 nitrogen and oxygen atoms in total. The number of ether oxygens (including phenoxy) is 2. The lowest BCUT2D eigenvalue weighted by molar-refractivity contribution is -0.143. The summed E-state index contributed by atoms with van der Waals surface area (Å²) in [5.41, 5.74) is 1.14. The zero-order chi connectivity index (χ0) is 15.7. The van der Waals surface area contributed by atoms with Gasteiger partial charge in [0, 0.05) is 25.7 Å². The van der Waals surface area contributed by atoms with Gasteiger partial charge in [0.25, 0.3) is 0 Å². The van der Waals surface area contributed by atoms with E-state index < -0.39 is 0 Å². The van der Waals surface area contributed by atoms with E-state index in [9.17, 15) is 4.79 Å². The van der Waals surface area contributed by atoms with Crippen LogP contribution in [0.2, 0.25) is 0 Å². The van der Waals surface area contributed by atoms with Crippen LogP contribution in [0.1, 0.15) is 25.3 Å². The van der Waals surface area contributed by atoms with Crippen LogP contribution in [0.15, 0.2) is 18.2 Å². The van der Waals surface area contributed by atoms with Gasteiger partial charge in [0.15, 0.2) is 11.5 Å². The molecule has 0 bridgehead atoms. The van der Waals surface area contributed by atoms with Gasteiger partial charge in [0.1, 0.15) is 0 Å². The normalized spacial score (nSPS) is 25.2. The van der Waals surface area contributed by atoms with E-state index in [2.05, 4.69) is 9.80 Å². The second-order valence-electron chi connectivity index (χ2n) is 6.12. The van der Waals surface area contributed by atoms with Gasteiger partial charge in [-0.15, -0.1) is 0 Å². The van der Waals surface area contributed by atoms with E-state index in [-0.39, 0.29) is 11.9 Å². The van der Waals surface area contributed by atoms with Crippen molar-refractivity contribution in [3.05, 3.63) is 23.8 Å². The van der Waals surface area contributed by atoms with Crippen molar-refractivity contribution >= 4 is 5.91 Å². The molecule has 0 spiro atoms. The van der Waals surface area contributed by atoms with Crippen molar-refractivity contribution < 1.29 is 14.3 Å². The predicted octanol–water partition coefficient (Wildman–Crippen LogP) is 1.90. The Kier molecular flexibility index (Phi) is 4.25. The molecule has 1 amide bonds. The molecule has 3 rings (SSSR count). The number of amides is 1. The largest absolute Gasteiger partial charge is 0.493 e. The summed E-state index contributed by atoms with van der Waals surface area (Å²) in [5, 5.41) is 0. The van der Waals surface area contributed by atoms with Gasteiger partial charge in [-0.05, 0) is 37.5 Å². The number of hydrogen-bond acceptors (Lipinski definition) is 4. The first-order valence-electron chi connectivity index (χ1n) is 7.89. The molecule has 1 aromatic rings. The molecule has 2 aliphatic rings. The van der Waals surface area contributed by atoms with Crippen molar-refractivity contribution in [3.8, 4) is 11.5 Å². The van der Waals surface area contributed by atoms with Crippen LogP contribution in [0.4, 0.5) is 0 Å². The predicted molar refractivity (Wildman–Crippen MR) is 84.2 cm³/mol. The SMILES string of the molecule is COc1ccc(CN2C[C@H]3CCCN3C(=O)[C@H]2C)cc1OC.